The molecular weight excluding hydrogens is 849 g/mol. The van der Waals surface area contributed by atoms with Crippen molar-refractivity contribution in [2.45, 2.75) is 99.7 Å². The van der Waals surface area contributed by atoms with Crippen LogP contribution in [0.3, 0.4) is 0 Å². The Morgan fingerprint density at radius 2 is 1.34 bits per heavy atom. The summed E-state index contributed by atoms with van der Waals surface area (Å²) in [5.74, 6) is -3.33. The van der Waals surface area contributed by atoms with Crippen LogP contribution in [0.15, 0.2) is 84.8 Å². The Kier molecular flexibility index (Phi) is 12.3. The number of anilines is 1. The predicted octanol–water partition coefficient (Wildman–Crippen LogP) is 4.57. The highest BCUT2D eigenvalue weighted by molar-refractivity contribution is 7.86. The number of allylic oxidation sites excluding steroid dienone is 6. The van der Waals surface area contributed by atoms with E-state index in [2.05, 4.69) is 9.97 Å². The Bertz CT molecular complexity index is 2900. The number of aromatic hydroxyl groups is 1. The number of carboxylic acids is 2. The number of fused-ring (bicyclic) bond motifs is 2. The zero-order valence-electron chi connectivity index (χ0n) is 34.3. The Hall–Kier alpha value is -5.96. The van der Waals surface area contributed by atoms with E-state index >= 15 is 0 Å². The number of hydrogen-bond donors (Lipinski definition) is 7. The van der Waals surface area contributed by atoms with Gasteiger partial charge >= 0.3 is 17.6 Å². The van der Waals surface area contributed by atoms with E-state index in [0.29, 0.717) is 72.4 Å². The van der Waals surface area contributed by atoms with Crippen LogP contribution < -0.4 is 16.1 Å². The van der Waals surface area contributed by atoms with Gasteiger partial charge in [0.25, 0.3) is 25.8 Å². The molecule has 0 saturated heterocycles. The van der Waals surface area contributed by atoms with Gasteiger partial charge in [0.1, 0.15) is 12.1 Å². The maximum absolute atomic E-state index is 14.7. The van der Waals surface area contributed by atoms with Crippen LogP contribution in [0.1, 0.15) is 95.8 Å². The molecule has 0 saturated carbocycles. The molecular formula is C42H47N4O14S2+. The Labute approximate surface area is 356 Å². The van der Waals surface area contributed by atoms with Gasteiger partial charge in [0, 0.05) is 77.0 Å². The van der Waals surface area contributed by atoms with Crippen molar-refractivity contribution in [3.8, 4) is 5.88 Å². The maximum atomic E-state index is 14.7. The molecule has 0 atom stereocenters. The molecule has 330 valence electrons. The van der Waals surface area contributed by atoms with Crippen LogP contribution in [0.5, 0.6) is 5.88 Å². The van der Waals surface area contributed by atoms with Gasteiger partial charge in [-0.25, -0.2) is 4.79 Å². The number of benzene rings is 2. The van der Waals surface area contributed by atoms with E-state index in [1.165, 1.54) is 48.6 Å². The number of aliphatic carboxylic acids is 2. The lowest BCUT2D eigenvalue weighted by Gasteiger charge is -2.31. The molecule has 1 aromatic heterocycles. The predicted molar refractivity (Wildman–Crippen MR) is 225 cm³/mol. The van der Waals surface area contributed by atoms with E-state index in [1.807, 2.05) is 9.48 Å². The van der Waals surface area contributed by atoms with E-state index in [9.17, 15) is 55.0 Å². The summed E-state index contributed by atoms with van der Waals surface area (Å²) in [5.41, 5.74) is -1.80. The lowest BCUT2D eigenvalue weighted by Crippen LogP contribution is -2.34. The van der Waals surface area contributed by atoms with Gasteiger partial charge in [-0.2, -0.15) is 21.4 Å². The lowest BCUT2D eigenvalue weighted by molar-refractivity contribution is -0.438. The van der Waals surface area contributed by atoms with Gasteiger partial charge < -0.3 is 20.2 Å². The zero-order valence-corrected chi connectivity index (χ0v) is 35.9. The topological polar surface area (TPSA) is 293 Å². The average Bonchev–Trinajstić information content (AvgIpc) is 3.50. The highest BCUT2D eigenvalue weighted by Crippen LogP contribution is 2.51. The molecule has 0 amide bonds. The fourth-order valence-corrected chi connectivity index (χ4v) is 9.47. The first kappa shape index (κ1) is 45.6. The first-order chi connectivity index (χ1) is 28.8. The second-order valence-electron chi connectivity index (χ2n) is 16.5. The fourth-order valence-electron chi connectivity index (χ4n) is 8.46. The summed E-state index contributed by atoms with van der Waals surface area (Å²) in [7, 11) is -9.26. The standard InChI is InChI=1S/C42H46N4O14S2/c1-41(2)27-19-23(61(55,56)57)13-15-29(27)45(17-9-5-7-11-33(47)48)31(41)21-25-35(36-38(52)43-40(54)44-39(36)53)26(37(25)51)22-32-42(3,4)28-20-24(62(58,59)60)14-16-30(28)46(32)18-10-6-8-12-34(49)50/h13-16,19-22H,5-12,17-18H2,1-4H3,(H6-,43,44,47,48,49,50,51,52,53,54,55,56,57,58,59,60)/p+1. The first-order valence-corrected chi connectivity index (χ1v) is 22.6. The van der Waals surface area contributed by atoms with Gasteiger partial charge in [-0.15, -0.1) is 0 Å². The van der Waals surface area contributed by atoms with Crippen molar-refractivity contribution in [1.29, 1.82) is 0 Å². The molecule has 3 aliphatic rings. The number of aromatic nitrogens is 2. The molecule has 0 fully saturated rings. The Morgan fingerprint density at radius 1 is 0.758 bits per heavy atom. The van der Waals surface area contributed by atoms with Crippen molar-refractivity contribution >= 4 is 60.6 Å². The molecule has 18 nitrogen and oxygen atoms in total. The number of ketones is 1. The zero-order chi connectivity index (χ0) is 45.7. The number of carbonyl (C=O) groups excluding carboxylic acids is 1. The second kappa shape index (κ2) is 16.7. The number of rotatable bonds is 17. The molecule has 20 heteroatoms. The molecule has 0 radical (unpaired) electrons. The van der Waals surface area contributed by atoms with Gasteiger partial charge in [0.05, 0.1) is 15.2 Å². The molecule has 2 aromatic carbocycles. The normalized spacial score (nSPS) is 18.1. The van der Waals surface area contributed by atoms with Crippen molar-refractivity contribution in [2.24, 2.45) is 0 Å². The van der Waals surface area contributed by atoms with Gasteiger partial charge in [-0.3, -0.25) is 38.3 Å². The van der Waals surface area contributed by atoms with E-state index in [1.54, 1.807) is 27.7 Å². The molecule has 1 aliphatic carbocycles. The maximum Gasteiger partial charge on any atom is 0.328 e. The molecule has 0 bridgehead atoms. The minimum atomic E-state index is -4.63. The number of unbranched alkanes of at least 4 members (excludes halogenated alkanes) is 4. The number of carbonyl (C=O) groups is 3. The number of hydrogen-bond acceptors (Lipinski definition) is 11. The van der Waals surface area contributed by atoms with E-state index in [0.717, 1.165) is 0 Å². The number of carboxylic acid groups (broad SMARTS) is 2. The highest BCUT2D eigenvalue weighted by Gasteiger charge is 2.48. The van der Waals surface area contributed by atoms with Crippen molar-refractivity contribution in [3.05, 3.63) is 103 Å². The van der Waals surface area contributed by atoms with Gasteiger partial charge in [0.2, 0.25) is 11.6 Å². The quantitative estimate of drug-likeness (QED) is 0.0423. The lowest BCUT2D eigenvalue weighted by atomic mass is 9.73. The summed E-state index contributed by atoms with van der Waals surface area (Å²) in [4.78, 5) is 68.2. The van der Waals surface area contributed by atoms with Crippen LogP contribution in [0.4, 0.5) is 11.4 Å². The molecule has 3 heterocycles. The molecule has 0 spiro atoms. The number of nitrogens with one attached hydrogen (secondary N) is 2. The molecule has 3 aromatic rings. The average molecular weight is 896 g/mol. The second-order valence-corrected chi connectivity index (χ2v) is 19.3. The van der Waals surface area contributed by atoms with Crippen LogP contribution in [0.25, 0.3) is 5.57 Å². The minimum absolute atomic E-state index is 0.0513. The summed E-state index contributed by atoms with van der Waals surface area (Å²) >= 11 is 0. The Balaban J connectivity index is 1.56. The van der Waals surface area contributed by atoms with Gasteiger partial charge in [-0.05, 0) is 81.5 Å². The van der Waals surface area contributed by atoms with Crippen LogP contribution in [0.2, 0.25) is 0 Å². The van der Waals surface area contributed by atoms with Crippen molar-refractivity contribution < 1.29 is 60.2 Å². The highest BCUT2D eigenvalue weighted by atomic mass is 32.2. The van der Waals surface area contributed by atoms with Crippen LogP contribution in [0, 0.1) is 0 Å². The number of aromatic amines is 2. The number of nitrogens with zero attached hydrogens (tertiary/aromatic N) is 2. The van der Waals surface area contributed by atoms with E-state index < -0.39 is 71.5 Å². The molecule has 0 unspecified atom stereocenters. The van der Waals surface area contributed by atoms with E-state index in [-0.39, 0.29) is 52.4 Å². The third kappa shape index (κ3) is 8.72. The summed E-state index contributed by atoms with van der Waals surface area (Å²) in [6, 6.07) is 8.14. The van der Waals surface area contributed by atoms with Gasteiger partial charge in [0.15, 0.2) is 11.5 Å². The van der Waals surface area contributed by atoms with Gasteiger partial charge in [-0.1, -0.05) is 20.3 Å². The number of Topliss-reactive ketones (excluding diaryl/α,β-unsaturated/α-hetero) is 1. The smallest absolute Gasteiger partial charge is 0.328 e. The van der Waals surface area contributed by atoms with E-state index in [4.69, 9.17) is 10.2 Å². The van der Waals surface area contributed by atoms with Crippen LogP contribution in [-0.2, 0) is 45.4 Å². The molecule has 62 heavy (non-hydrogen) atoms. The SMILES string of the molecule is CC1(C)C(/C=C2\C(=O)C(/C=C3/N(CCCCCC(=O)O)c4ccc(S(=O)(=O)O)cc4C3(C)C)=C2c2c(O)[nH]c(=O)[nH]c2=O)=[N+](CCCCCC(=O)O)c2ccc(S(=O)(=O)O)cc21. The van der Waals surface area contributed by atoms with Crippen molar-refractivity contribution in [1.82, 2.24) is 9.97 Å². The summed E-state index contributed by atoms with van der Waals surface area (Å²) in [6.45, 7) is 7.64. The van der Waals surface area contributed by atoms with Crippen LogP contribution in [-0.4, -0.2) is 92.3 Å². The summed E-state index contributed by atoms with van der Waals surface area (Å²) in [6.07, 6.45) is 5.66. The van der Waals surface area contributed by atoms with Crippen molar-refractivity contribution in [2.75, 3.05) is 18.0 Å². The fraction of sp³-hybridized carbons (Fsp3) is 0.381. The van der Waals surface area contributed by atoms with Crippen molar-refractivity contribution in [3.63, 3.8) is 0 Å². The minimum Gasteiger partial charge on any atom is -0.494 e. The Morgan fingerprint density at radius 3 is 1.92 bits per heavy atom. The third-order valence-corrected chi connectivity index (χ3v) is 13.3. The third-order valence-electron chi connectivity index (χ3n) is 11.6. The monoisotopic (exact) mass is 895 g/mol. The first-order valence-electron chi connectivity index (χ1n) is 19.7. The summed E-state index contributed by atoms with van der Waals surface area (Å²) < 4.78 is 70.6. The largest absolute Gasteiger partial charge is 0.494 e. The molecule has 6 rings (SSSR count). The molecule has 7 N–H and O–H groups in total. The van der Waals surface area contributed by atoms with Crippen LogP contribution >= 0.6 is 0 Å². The number of H-pyrrole nitrogens is 2. The summed E-state index contributed by atoms with van der Waals surface area (Å²) in [5, 5.41) is 29.4. The molecule has 2 aliphatic heterocycles.